The third kappa shape index (κ3) is 2.91. The van der Waals surface area contributed by atoms with E-state index in [4.69, 9.17) is 0 Å². The molecular weight excluding hydrogens is 329 g/mol. The summed E-state index contributed by atoms with van der Waals surface area (Å²) >= 11 is 0. The Bertz CT molecular complexity index is 908. The predicted octanol–water partition coefficient (Wildman–Crippen LogP) is 2.65. The van der Waals surface area contributed by atoms with E-state index in [2.05, 4.69) is 20.4 Å². The van der Waals surface area contributed by atoms with E-state index in [-0.39, 0.29) is 17.1 Å². The number of tetrazole rings is 1. The molecule has 0 saturated heterocycles. The van der Waals surface area contributed by atoms with E-state index in [9.17, 15) is 23.3 Å². The van der Waals surface area contributed by atoms with Crippen LogP contribution in [0.2, 0.25) is 0 Å². The molecule has 0 aliphatic heterocycles. The van der Waals surface area contributed by atoms with Gasteiger partial charge in [-0.1, -0.05) is 12.1 Å². The van der Waals surface area contributed by atoms with Crippen LogP contribution in [0.5, 0.6) is 0 Å². The summed E-state index contributed by atoms with van der Waals surface area (Å²) in [4.78, 5) is 14.2. The number of halogens is 3. The van der Waals surface area contributed by atoms with Crippen molar-refractivity contribution in [3.8, 4) is 17.1 Å². The number of nitro benzene ring substituents is 1. The van der Waals surface area contributed by atoms with E-state index in [1.165, 1.54) is 30.3 Å². The van der Waals surface area contributed by atoms with E-state index < -0.39 is 22.5 Å². The highest BCUT2D eigenvalue weighted by atomic mass is 19.4. The van der Waals surface area contributed by atoms with Gasteiger partial charge in [-0.15, -0.1) is 15.0 Å². The van der Waals surface area contributed by atoms with Crippen molar-refractivity contribution >= 4 is 5.69 Å². The molecule has 11 heteroatoms. The van der Waals surface area contributed by atoms with Crippen molar-refractivity contribution in [1.82, 2.24) is 25.2 Å². The number of nitro groups is 1. The largest absolute Gasteiger partial charge is 0.435 e. The quantitative estimate of drug-likeness (QED) is 0.538. The number of aromatic nitrogens is 5. The minimum Gasteiger partial charge on any atom is -0.258 e. The first-order valence-corrected chi connectivity index (χ1v) is 6.44. The van der Waals surface area contributed by atoms with Crippen molar-refractivity contribution in [3.63, 3.8) is 0 Å². The van der Waals surface area contributed by atoms with Crippen molar-refractivity contribution < 1.29 is 18.1 Å². The topological polar surface area (TPSA) is 99.6 Å². The highest BCUT2D eigenvalue weighted by Crippen LogP contribution is 2.31. The highest BCUT2D eigenvalue weighted by molar-refractivity contribution is 5.58. The van der Waals surface area contributed by atoms with Gasteiger partial charge in [0.25, 0.3) is 5.69 Å². The van der Waals surface area contributed by atoms with Gasteiger partial charge in [0.1, 0.15) is 5.69 Å². The second-order valence-corrected chi connectivity index (χ2v) is 4.58. The predicted molar refractivity (Wildman–Crippen MR) is 74.0 cm³/mol. The van der Waals surface area contributed by atoms with E-state index in [0.29, 0.717) is 4.80 Å². The molecule has 8 nitrogen and oxygen atoms in total. The number of hydrogen-bond donors (Lipinski definition) is 0. The number of pyridine rings is 1. The standard InChI is InChI=1S/C13H7F3N6O2/c14-13(15,16)11-10(5-2-6-17-11)21-19-12(18-20-21)8-3-1-4-9(7-8)22(23)24/h1-7H. The van der Waals surface area contributed by atoms with Crippen LogP contribution in [0.1, 0.15) is 5.69 Å². The molecule has 0 saturated carbocycles. The summed E-state index contributed by atoms with van der Waals surface area (Å²) in [6.45, 7) is 0. The average Bonchev–Trinajstić information content (AvgIpc) is 3.04. The van der Waals surface area contributed by atoms with Crippen LogP contribution in [0.25, 0.3) is 17.1 Å². The van der Waals surface area contributed by atoms with E-state index in [1.807, 2.05) is 0 Å². The molecule has 0 N–H and O–H groups in total. The average molecular weight is 336 g/mol. The number of non-ortho nitro benzene ring substituents is 1. The summed E-state index contributed by atoms with van der Waals surface area (Å²) in [5.41, 5.74) is -1.49. The monoisotopic (exact) mass is 336 g/mol. The fraction of sp³-hybridized carbons (Fsp3) is 0.0769. The fourth-order valence-electron chi connectivity index (χ4n) is 1.97. The fourth-order valence-corrected chi connectivity index (χ4v) is 1.97. The molecule has 0 fully saturated rings. The van der Waals surface area contributed by atoms with Crippen molar-refractivity contribution in [2.45, 2.75) is 6.18 Å². The zero-order valence-electron chi connectivity index (χ0n) is 11.7. The molecule has 0 spiro atoms. The van der Waals surface area contributed by atoms with Gasteiger partial charge in [0.05, 0.1) is 4.92 Å². The highest BCUT2D eigenvalue weighted by Gasteiger charge is 2.36. The van der Waals surface area contributed by atoms with Crippen molar-refractivity contribution in [3.05, 3.63) is 58.4 Å². The molecule has 3 rings (SSSR count). The molecule has 3 aromatic rings. The Kier molecular flexibility index (Phi) is 3.67. The van der Waals surface area contributed by atoms with E-state index in [1.54, 1.807) is 0 Å². The van der Waals surface area contributed by atoms with Crippen molar-refractivity contribution in [2.75, 3.05) is 0 Å². The van der Waals surface area contributed by atoms with Crippen LogP contribution >= 0.6 is 0 Å². The lowest BCUT2D eigenvalue weighted by Crippen LogP contribution is -2.14. The summed E-state index contributed by atoms with van der Waals surface area (Å²) in [7, 11) is 0. The minimum atomic E-state index is -4.68. The van der Waals surface area contributed by atoms with Crippen LogP contribution in [0.3, 0.4) is 0 Å². The van der Waals surface area contributed by atoms with Gasteiger partial charge in [-0.3, -0.25) is 10.1 Å². The summed E-state index contributed by atoms with van der Waals surface area (Å²) in [6, 6.07) is 7.84. The van der Waals surface area contributed by atoms with Crippen molar-refractivity contribution in [1.29, 1.82) is 0 Å². The number of nitrogens with zero attached hydrogens (tertiary/aromatic N) is 6. The number of hydrogen-bond acceptors (Lipinski definition) is 6. The summed E-state index contributed by atoms with van der Waals surface area (Å²) in [5.74, 6) is -0.0457. The Hall–Kier alpha value is -3.37. The molecule has 0 aliphatic rings. The van der Waals surface area contributed by atoms with Crippen molar-refractivity contribution in [2.24, 2.45) is 0 Å². The van der Waals surface area contributed by atoms with Gasteiger partial charge in [-0.05, 0) is 17.3 Å². The number of alkyl halides is 3. The maximum atomic E-state index is 13.0. The first-order valence-electron chi connectivity index (χ1n) is 6.44. The lowest BCUT2D eigenvalue weighted by atomic mass is 10.2. The Balaban J connectivity index is 2.04. The van der Waals surface area contributed by atoms with Gasteiger partial charge >= 0.3 is 6.18 Å². The summed E-state index contributed by atoms with van der Waals surface area (Å²) in [5, 5.41) is 21.9. The molecular formula is C13H7F3N6O2. The molecule has 24 heavy (non-hydrogen) atoms. The van der Waals surface area contributed by atoms with Crippen LogP contribution in [0, 0.1) is 10.1 Å². The zero-order chi connectivity index (χ0) is 17.3. The Morgan fingerprint density at radius 1 is 1.17 bits per heavy atom. The van der Waals surface area contributed by atoms with E-state index in [0.717, 1.165) is 12.3 Å². The zero-order valence-corrected chi connectivity index (χ0v) is 11.7. The van der Waals surface area contributed by atoms with Crippen LogP contribution in [0.15, 0.2) is 42.6 Å². The Morgan fingerprint density at radius 2 is 1.96 bits per heavy atom. The van der Waals surface area contributed by atoms with Crippen LogP contribution < -0.4 is 0 Å². The molecule has 2 heterocycles. The van der Waals surface area contributed by atoms with Gasteiger partial charge in [0.15, 0.2) is 5.69 Å². The van der Waals surface area contributed by atoms with Crippen LogP contribution in [0.4, 0.5) is 18.9 Å². The van der Waals surface area contributed by atoms with Gasteiger partial charge in [0.2, 0.25) is 5.82 Å². The number of benzene rings is 1. The molecule has 1 aromatic carbocycles. The van der Waals surface area contributed by atoms with E-state index >= 15 is 0 Å². The Morgan fingerprint density at radius 3 is 2.67 bits per heavy atom. The summed E-state index contributed by atoms with van der Waals surface area (Å²) < 4.78 is 38.9. The first kappa shape index (κ1) is 15.5. The van der Waals surface area contributed by atoms with Gasteiger partial charge in [0, 0.05) is 23.9 Å². The van der Waals surface area contributed by atoms with Gasteiger partial charge < -0.3 is 0 Å². The maximum absolute atomic E-state index is 13.0. The van der Waals surface area contributed by atoms with Gasteiger partial charge in [-0.2, -0.15) is 13.2 Å². The molecule has 2 aromatic heterocycles. The molecule has 0 unspecified atom stereocenters. The molecule has 0 aliphatic carbocycles. The normalized spacial score (nSPS) is 11.5. The lowest BCUT2D eigenvalue weighted by Gasteiger charge is -2.09. The first-order chi connectivity index (χ1) is 11.4. The molecule has 0 atom stereocenters. The third-order valence-corrected chi connectivity index (χ3v) is 3.00. The third-order valence-electron chi connectivity index (χ3n) is 3.00. The van der Waals surface area contributed by atoms with Crippen LogP contribution in [-0.4, -0.2) is 30.1 Å². The Labute approximate surface area is 131 Å². The molecule has 0 amide bonds. The number of rotatable bonds is 3. The second-order valence-electron chi connectivity index (χ2n) is 4.58. The molecule has 0 radical (unpaired) electrons. The van der Waals surface area contributed by atoms with Gasteiger partial charge in [-0.25, -0.2) is 4.98 Å². The lowest BCUT2D eigenvalue weighted by molar-refractivity contribution is -0.384. The molecule has 0 bridgehead atoms. The maximum Gasteiger partial charge on any atom is 0.435 e. The minimum absolute atomic E-state index is 0.0457. The SMILES string of the molecule is O=[N+]([O-])c1cccc(-c2nnn(-c3cccnc3C(F)(F)F)n2)c1. The van der Waals surface area contributed by atoms with Crippen LogP contribution in [-0.2, 0) is 6.18 Å². The molecule has 122 valence electrons. The second kappa shape index (κ2) is 5.68. The smallest absolute Gasteiger partial charge is 0.258 e. The summed E-state index contributed by atoms with van der Waals surface area (Å²) in [6.07, 6.45) is -3.68.